The number of halogens is 5. The smallest absolute Gasteiger partial charge is 0.281 e. The molecule has 0 aliphatic heterocycles. The molecule has 0 aliphatic carbocycles. The van der Waals surface area contributed by atoms with Gasteiger partial charge < -0.3 is 9.47 Å². The molecular formula is C14H17F5O2S. The van der Waals surface area contributed by atoms with Crippen LogP contribution in [0.2, 0.25) is 0 Å². The van der Waals surface area contributed by atoms with Gasteiger partial charge in [0.2, 0.25) is 0 Å². The molecule has 126 valence electrons. The summed E-state index contributed by atoms with van der Waals surface area (Å²) < 4.78 is 75.8. The van der Waals surface area contributed by atoms with Crippen LogP contribution in [0.1, 0.15) is 26.7 Å². The van der Waals surface area contributed by atoms with Crippen LogP contribution in [0.25, 0.3) is 0 Å². The highest BCUT2D eigenvalue weighted by atomic mass is 32.1. The number of alkyl halides is 4. The van der Waals surface area contributed by atoms with E-state index in [0.717, 1.165) is 12.1 Å². The quantitative estimate of drug-likeness (QED) is 0.531. The van der Waals surface area contributed by atoms with E-state index in [1.165, 1.54) is 13.8 Å². The number of rotatable bonds is 8. The second kappa shape index (κ2) is 7.39. The van der Waals surface area contributed by atoms with Gasteiger partial charge in [-0.3, -0.25) is 0 Å². The van der Waals surface area contributed by atoms with Gasteiger partial charge in [0.15, 0.2) is 24.8 Å². The standard InChI is InChI=1S/C14H17F5O2S/c1-3-13(16,17)7-20-9-5-6-10(12(22)11(9)15)21-8-14(18,19)4-2/h5-6,22H,3-4,7-8H2,1-2H3. The Hall–Kier alpha value is -1.18. The number of hydrogen-bond acceptors (Lipinski definition) is 3. The van der Waals surface area contributed by atoms with Crippen LogP contribution >= 0.6 is 12.6 Å². The van der Waals surface area contributed by atoms with Gasteiger partial charge in [0.05, 0.1) is 4.90 Å². The van der Waals surface area contributed by atoms with E-state index in [1.54, 1.807) is 0 Å². The minimum atomic E-state index is -3.08. The van der Waals surface area contributed by atoms with E-state index in [-0.39, 0.29) is 10.6 Å². The second-order valence-electron chi connectivity index (χ2n) is 4.72. The lowest BCUT2D eigenvalue weighted by molar-refractivity contribution is -0.0462. The van der Waals surface area contributed by atoms with Crippen LogP contribution in [0.5, 0.6) is 11.5 Å². The fourth-order valence-electron chi connectivity index (χ4n) is 1.33. The highest BCUT2D eigenvalue weighted by molar-refractivity contribution is 7.80. The Bertz CT molecular complexity index is 463. The summed E-state index contributed by atoms with van der Waals surface area (Å²) in [5.41, 5.74) is 0. The molecule has 0 aromatic heterocycles. The maximum Gasteiger partial charge on any atom is 0.281 e. The first-order chi connectivity index (χ1) is 10.1. The maximum atomic E-state index is 13.9. The van der Waals surface area contributed by atoms with Gasteiger partial charge in [-0.25, -0.2) is 22.0 Å². The van der Waals surface area contributed by atoms with E-state index < -0.39 is 49.5 Å². The number of thiol groups is 1. The fourth-order valence-corrected chi connectivity index (χ4v) is 1.58. The summed E-state index contributed by atoms with van der Waals surface area (Å²) in [6, 6.07) is 2.19. The van der Waals surface area contributed by atoms with Gasteiger partial charge in [0, 0.05) is 12.8 Å². The van der Waals surface area contributed by atoms with Crippen molar-refractivity contribution in [1.29, 1.82) is 0 Å². The van der Waals surface area contributed by atoms with Crippen molar-refractivity contribution in [1.82, 2.24) is 0 Å². The van der Waals surface area contributed by atoms with Gasteiger partial charge in [-0.05, 0) is 12.1 Å². The first kappa shape index (κ1) is 18.9. The molecule has 0 N–H and O–H groups in total. The number of hydrogen-bond donors (Lipinski definition) is 1. The third-order valence-corrected chi connectivity index (χ3v) is 3.37. The van der Waals surface area contributed by atoms with Crippen molar-refractivity contribution in [2.45, 2.75) is 43.4 Å². The zero-order chi connectivity index (χ0) is 17.0. The van der Waals surface area contributed by atoms with Crippen LogP contribution in [0, 0.1) is 5.82 Å². The number of ether oxygens (including phenoxy) is 2. The topological polar surface area (TPSA) is 18.5 Å². The van der Waals surface area contributed by atoms with Crippen LogP contribution in [-0.4, -0.2) is 25.1 Å². The highest BCUT2D eigenvalue weighted by Crippen LogP contribution is 2.34. The Balaban J connectivity index is 2.80. The number of benzene rings is 1. The van der Waals surface area contributed by atoms with Crippen molar-refractivity contribution in [3.05, 3.63) is 17.9 Å². The second-order valence-corrected chi connectivity index (χ2v) is 5.17. The molecule has 0 amide bonds. The van der Waals surface area contributed by atoms with Crippen molar-refractivity contribution in [2.75, 3.05) is 13.2 Å². The van der Waals surface area contributed by atoms with E-state index >= 15 is 0 Å². The van der Waals surface area contributed by atoms with E-state index in [2.05, 4.69) is 12.6 Å². The molecule has 0 heterocycles. The lowest BCUT2D eigenvalue weighted by Gasteiger charge is -2.18. The summed E-state index contributed by atoms with van der Waals surface area (Å²) in [5, 5.41) is 0. The Morgan fingerprint density at radius 1 is 0.909 bits per heavy atom. The first-order valence-corrected chi connectivity index (χ1v) is 7.09. The molecule has 0 aliphatic rings. The Morgan fingerprint density at radius 2 is 1.32 bits per heavy atom. The van der Waals surface area contributed by atoms with Crippen molar-refractivity contribution in [2.24, 2.45) is 0 Å². The molecule has 2 nitrogen and oxygen atoms in total. The van der Waals surface area contributed by atoms with Crippen LogP contribution in [0.3, 0.4) is 0 Å². The average Bonchev–Trinajstić information content (AvgIpc) is 2.48. The molecule has 0 spiro atoms. The van der Waals surface area contributed by atoms with Crippen LogP contribution < -0.4 is 9.47 Å². The van der Waals surface area contributed by atoms with Gasteiger partial charge in [-0.15, -0.1) is 12.6 Å². The zero-order valence-corrected chi connectivity index (χ0v) is 13.0. The van der Waals surface area contributed by atoms with Crippen LogP contribution in [-0.2, 0) is 0 Å². The van der Waals surface area contributed by atoms with E-state index in [0.29, 0.717) is 0 Å². The van der Waals surface area contributed by atoms with Crippen LogP contribution in [0.4, 0.5) is 22.0 Å². The molecule has 0 radical (unpaired) electrons. The Kier molecular flexibility index (Phi) is 6.34. The normalized spacial score (nSPS) is 12.4. The largest absolute Gasteiger partial charge is 0.486 e. The molecule has 8 heteroatoms. The molecule has 0 saturated carbocycles. The van der Waals surface area contributed by atoms with Crippen molar-refractivity contribution in [3.8, 4) is 11.5 Å². The van der Waals surface area contributed by atoms with Gasteiger partial charge in [0.25, 0.3) is 11.8 Å². The van der Waals surface area contributed by atoms with Gasteiger partial charge in [-0.2, -0.15) is 0 Å². The molecule has 0 saturated heterocycles. The predicted molar refractivity (Wildman–Crippen MR) is 75.1 cm³/mol. The molecule has 22 heavy (non-hydrogen) atoms. The first-order valence-electron chi connectivity index (χ1n) is 6.64. The lowest BCUT2D eigenvalue weighted by atomic mass is 10.2. The summed E-state index contributed by atoms with van der Waals surface area (Å²) >= 11 is 3.82. The third kappa shape index (κ3) is 5.23. The molecule has 0 bridgehead atoms. The van der Waals surface area contributed by atoms with Crippen LogP contribution in [0.15, 0.2) is 17.0 Å². The summed E-state index contributed by atoms with van der Waals surface area (Å²) in [6.07, 6.45) is -0.875. The molecule has 1 aromatic carbocycles. The molecule has 0 fully saturated rings. The van der Waals surface area contributed by atoms with Gasteiger partial charge >= 0.3 is 0 Å². The van der Waals surface area contributed by atoms with E-state index in [1.807, 2.05) is 0 Å². The highest BCUT2D eigenvalue weighted by Gasteiger charge is 2.29. The molecule has 1 aromatic rings. The van der Waals surface area contributed by atoms with Crippen molar-refractivity contribution in [3.63, 3.8) is 0 Å². The van der Waals surface area contributed by atoms with Crippen molar-refractivity contribution >= 4 is 12.6 Å². The SMILES string of the molecule is CCC(F)(F)COc1ccc(OCC(F)(F)CC)c(S)c1F. The molecular weight excluding hydrogens is 327 g/mol. The van der Waals surface area contributed by atoms with Crippen molar-refractivity contribution < 1.29 is 31.4 Å². The Labute approximate surface area is 131 Å². The van der Waals surface area contributed by atoms with E-state index in [4.69, 9.17) is 9.47 Å². The molecule has 1 rings (SSSR count). The summed E-state index contributed by atoms with van der Waals surface area (Å²) in [5.74, 6) is -7.81. The predicted octanol–water partition coefficient (Wildman–Crippen LogP) is 4.96. The molecule has 0 atom stereocenters. The summed E-state index contributed by atoms with van der Waals surface area (Å²) in [6.45, 7) is 0.650. The third-order valence-electron chi connectivity index (χ3n) is 2.96. The zero-order valence-electron chi connectivity index (χ0n) is 12.1. The summed E-state index contributed by atoms with van der Waals surface area (Å²) in [4.78, 5) is -0.371. The fraction of sp³-hybridized carbons (Fsp3) is 0.571. The van der Waals surface area contributed by atoms with Gasteiger partial charge in [-0.1, -0.05) is 13.8 Å². The minimum absolute atomic E-state index is 0.205. The lowest BCUT2D eigenvalue weighted by Crippen LogP contribution is -2.25. The Morgan fingerprint density at radius 3 is 1.77 bits per heavy atom. The maximum absolute atomic E-state index is 13.9. The monoisotopic (exact) mass is 344 g/mol. The summed E-state index contributed by atoms with van der Waals surface area (Å²) in [7, 11) is 0. The van der Waals surface area contributed by atoms with Gasteiger partial charge in [0.1, 0.15) is 5.75 Å². The average molecular weight is 344 g/mol. The molecule has 0 unspecified atom stereocenters. The van der Waals surface area contributed by atoms with E-state index in [9.17, 15) is 22.0 Å². The minimum Gasteiger partial charge on any atom is -0.486 e.